The monoisotopic (exact) mass is 284 g/mol. The number of aromatic nitrogens is 2. The Morgan fingerprint density at radius 1 is 1.10 bits per heavy atom. The number of hydrogen-bond donors (Lipinski definition) is 0. The average molecular weight is 284 g/mol. The fraction of sp³-hybridized carbons (Fsp3) is 0.471. The maximum atomic E-state index is 12.1. The first-order valence-corrected chi connectivity index (χ1v) is 7.72. The second-order valence-electron chi connectivity index (χ2n) is 5.65. The van der Waals surface area contributed by atoms with E-state index in [9.17, 15) is 4.79 Å². The summed E-state index contributed by atoms with van der Waals surface area (Å²) in [6.45, 7) is 0. The molecule has 1 heterocycles. The van der Waals surface area contributed by atoms with Crippen molar-refractivity contribution in [3.63, 3.8) is 0 Å². The van der Waals surface area contributed by atoms with Gasteiger partial charge in [0.15, 0.2) is 5.82 Å². The predicted molar refractivity (Wildman–Crippen MR) is 79.0 cm³/mol. The van der Waals surface area contributed by atoms with Crippen LogP contribution in [0, 0.1) is 0 Å². The van der Waals surface area contributed by atoms with E-state index in [0.717, 1.165) is 38.5 Å². The van der Waals surface area contributed by atoms with E-state index in [0.29, 0.717) is 18.1 Å². The zero-order chi connectivity index (χ0) is 14.5. The molecule has 110 valence electrons. The number of aryl methyl sites for hydroxylation is 2. The molecule has 1 saturated carbocycles. The quantitative estimate of drug-likeness (QED) is 0.807. The van der Waals surface area contributed by atoms with Crippen molar-refractivity contribution in [3.05, 3.63) is 47.6 Å². The summed E-state index contributed by atoms with van der Waals surface area (Å²) >= 11 is 0. The molecule has 1 aliphatic carbocycles. The number of carbonyl (C=O) groups is 1. The topological polar surface area (TPSA) is 56.0 Å². The van der Waals surface area contributed by atoms with Crippen molar-refractivity contribution in [1.82, 2.24) is 10.1 Å². The Bertz CT molecular complexity index is 592. The van der Waals surface area contributed by atoms with Gasteiger partial charge < -0.3 is 4.52 Å². The molecule has 4 heteroatoms. The smallest absolute Gasteiger partial charge is 0.237 e. The summed E-state index contributed by atoms with van der Waals surface area (Å²) in [6, 6.07) is 10.3. The van der Waals surface area contributed by atoms with Crippen LogP contribution in [0.2, 0.25) is 0 Å². The van der Waals surface area contributed by atoms with Crippen molar-refractivity contribution >= 4 is 5.78 Å². The predicted octanol–water partition coefficient (Wildman–Crippen LogP) is 3.47. The van der Waals surface area contributed by atoms with Gasteiger partial charge in [-0.25, -0.2) is 0 Å². The molecule has 3 rings (SSSR count). The largest absolute Gasteiger partial charge is 0.339 e. The van der Waals surface area contributed by atoms with Gasteiger partial charge in [0, 0.05) is 12.8 Å². The lowest BCUT2D eigenvalue weighted by Gasteiger charge is -2.06. The van der Waals surface area contributed by atoms with Crippen molar-refractivity contribution in [2.24, 2.45) is 0 Å². The number of nitrogens with zero attached hydrogens (tertiary/aromatic N) is 2. The van der Waals surface area contributed by atoms with Crippen LogP contribution in [0.5, 0.6) is 0 Å². The number of hydrogen-bond acceptors (Lipinski definition) is 4. The van der Waals surface area contributed by atoms with Gasteiger partial charge in [-0.15, -0.1) is 0 Å². The number of carbonyl (C=O) groups excluding carboxylic acids is 1. The molecule has 0 spiro atoms. The van der Waals surface area contributed by atoms with Crippen LogP contribution in [0.4, 0.5) is 0 Å². The first-order chi connectivity index (χ1) is 10.3. The molecule has 0 saturated heterocycles. The fourth-order valence-electron chi connectivity index (χ4n) is 2.83. The summed E-state index contributed by atoms with van der Waals surface area (Å²) in [6.07, 6.45) is 6.30. The van der Waals surface area contributed by atoms with Gasteiger partial charge in [0.1, 0.15) is 5.78 Å². The van der Waals surface area contributed by atoms with Gasteiger partial charge in [-0.05, 0) is 24.8 Å². The summed E-state index contributed by atoms with van der Waals surface area (Å²) in [5.41, 5.74) is 1.26. The highest BCUT2D eigenvalue weighted by Crippen LogP contribution is 2.28. The Morgan fingerprint density at radius 3 is 2.81 bits per heavy atom. The number of Topliss-reactive ketones (excluding diaryl/α,β-unsaturated/α-hetero) is 1. The third-order valence-corrected chi connectivity index (χ3v) is 4.07. The minimum Gasteiger partial charge on any atom is -0.339 e. The van der Waals surface area contributed by atoms with Gasteiger partial charge in [-0.3, -0.25) is 4.79 Å². The molecule has 1 aromatic carbocycles. The van der Waals surface area contributed by atoms with E-state index in [1.54, 1.807) is 0 Å². The Kier molecular flexibility index (Phi) is 4.43. The summed E-state index contributed by atoms with van der Waals surface area (Å²) in [4.78, 5) is 16.5. The second-order valence-corrected chi connectivity index (χ2v) is 5.65. The average Bonchev–Trinajstić information content (AvgIpc) is 2.88. The molecule has 0 amide bonds. The Morgan fingerprint density at radius 2 is 1.95 bits per heavy atom. The molecule has 1 atom stereocenters. The van der Waals surface area contributed by atoms with Gasteiger partial charge in [0.2, 0.25) is 5.89 Å². The van der Waals surface area contributed by atoms with Crippen LogP contribution in [0.15, 0.2) is 34.9 Å². The van der Waals surface area contributed by atoms with Gasteiger partial charge in [-0.1, -0.05) is 48.3 Å². The van der Waals surface area contributed by atoms with Crippen LogP contribution in [-0.2, 0) is 17.6 Å². The number of benzene rings is 1. The first kappa shape index (κ1) is 14.0. The van der Waals surface area contributed by atoms with E-state index in [2.05, 4.69) is 22.3 Å². The number of rotatable bonds is 4. The molecule has 0 aliphatic heterocycles. The lowest BCUT2D eigenvalue weighted by Crippen LogP contribution is -2.11. The molecule has 1 aliphatic rings. The summed E-state index contributed by atoms with van der Waals surface area (Å²) in [5.74, 6) is 1.30. The van der Waals surface area contributed by atoms with E-state index in [-0.39, 0.29) is 11.7 Å². The maximum absolute atomic E-state index is 12.1. The lowest BCUT2D eigenvalue weighted by atomic mass is 9.99. The van der Waals surface area contributed by atoms with Crippen molar-refractivity contribution in [3.8, 4) is 0 Å². The Hall–Kier alpha value is -1.97. The molecule has 0 radical (unpaired) electrons. The molecule has 4 nitrogen and oxygen atoms in total. The molecule has 21 heavy (non-hydrogen) atoms. The second kappa shape index (κ2) is 6.66. The van der Waals surface area contributed by atoms with E-state index in [4.69, 9.17) is 4.52 Å². The van der Waals surface area contributed by atoms with Crippen LogP contribution in [0.25, 0.3) is 0 Å². The first-order valence-electron chi connectivity index (χ1n) is 7.72. The third-order valence-electron chi connectivity index (χ3n) is 4.07. The van der Waals surface area contributed by atoms with Gasteiger partial charge >= 0.3 is 0 Å². The van der Waals surface area contributed by atoms with E-state index in [1.165, 1.54) is 5.56 Å². The molecule has 2 aromatic rings. The Labute approximate surface area is 124 Å². The van der Waals surface area contributed by atoms with E-state index < -0.39 is 0 Å². The molecule has 0 N–H and O–H groups in total. The standard InChI is InChI=1S/C17H20N2O2/c20-15-10-6-2-5-9-14(15)17-18-16(19-21-17)12-11-13-7-3-1-4-8-13/h1,3-4,7-8,14H,2,5-6,9-12H2. The summed E-state index contributed by atoms with van der Waals surface area (Å²) in [7, 11) is 0. The highest BCUT2D eigenvalue weighted by molar-refractivity contribution is 5.84. The molecular weight excluding hydrogens is 264 g/mol. The summed E-state index contributed by atoms with van der Waals surface area (Å²) < 4.78 is 5.34. The zero-order valence-corrected chi connectivity index (χ0v) is 12.1. The minimum atomic E-state index is -0.175. The van der Waals surface area contributed by atoms with Crippen LogP contribution in [0.3, 0.4) is 0 Å². The highest BCUT2D eigenvalue weighted by atomic mass is 16.5. The molecule has 1 unspecified atom stereocenters. The SMILES string of the molecule is O=C1CCCCCC1c1nc(CCc2ccccc2)no1. The zero-order valence-electron chi connectivity index (χ0n) is 12.1. The van der Waals surface area contributed by atoms with Gasteiger partial charge in [0.25, 0.3) is 0 Å². The lowest BCUT2D eigenvalue weighted by molar-refractivity contribution is -0.120. The molecule has 0 bridgehead atoms. The number of ketones is 1. The van der Waals surface area contributed by atoms with Gasteiger partial charge in [0.05, 0.1) is 5.92 Å². The fourth-order valence-corrected chi connectivity index (χ4v) is 2.83. The minimum absolute atomic E-state index is 0.175. The van der Waals surface area contributed by atoms with Crippen LogP contribution in [0.1, 0.15) is 55.3 Å². The van der Waals surface area contributed by atoms with E-state index in [1.807, 2.05) is 18.2 Å². The van der Waals surface area contributed by atoms with Crippen molar-refractivity contribution in [1.29, 1.82) is 0 Å². The van der Waals surface area contributed by atoms with Crippen LogP contribution in [-0.4, -0.2) is 15.9 Å². The van der Waals surface area contributed by atoms with Crippen LogP contribution < -0.4 is 0 Å². The third kappa shape index (κ3) is 3.57. The van der Waals surface area contributed by atoms with Crippen LogP contribution >= 0.6 is 0 Å². The maximum Gasteiger partial charge on any atom is 0.237 e. The Balaban J connectivity index is 1.64. The van der Waals surface area contributed by atoms with Crippen molar-refractivity contribution in [2.75, 3.05) is 0 Å². The van der Waals surface area contributed by atoms with Crippen molar-refractivity contribution in [2.45, 2.75) is 50.9 Å². The highest BCUT2D eigenvalue weighted by Gasteiger charge is 2.27. The molecule has 1 fully saturated rings. The molecule has 1 aromatic heterocycles. The summed E-state index contributed by atoms with van der Waals surface area (Å²) in [5, 5.41) is 4.03. The van der Waals surface area contributed by atoms with E-state index >= 15 is 0 Å². The van der Waals surface area contributed by atoms with Gasteiger partial charge in [-0.2, -0.15) is 4.98 Å². The normalized spacial score (nSPS) is 19.4. The van der Waals surface area contributed by atoms with Crippen molar-refractivity contribution < 1.29 is 9.32 Å². The molecular formula is C17H20N2O2.